The molecule has 0 bridgehead atoms. The van der Waals surface area contributed by atoms with E-state index in [9.17, 15) is 20.1 Å². The zero-order chi connectivity index (χ0) is 17.2. The Balaban J connectivity index is 5.32. The highest BCUT2D eigenvalue weighted by Gasteiger charge is 2.33. The second kappa shape index (κ2) is 8.73. The van der Waals surface area contributed by atoms with Gasteiger partial charge in [-0.15, -0.1) is 0 Å². The number of azo groups is 1. The molecule has 0 aromatic heterocycles. The summed E-state index contributed by atoms with van der Waals surface area (Å²) in [5.41, 5.74) is -2.61. The van der Waals surface area contributed by atoms with Gasteiger partial charge in [-0.3, -0.25) is 9.59 Å². The first-order valence-electron chi connectivity index (χ1n) is 6.99. The van der Waals surface area contributed by atoms with Gasteiger partial charge in [-0.05, 0) is 25.7 Å². The Morgan fingerprint density at radius 3 is 1.41 bits per heavy atom. The van der Waals surface area contributed by atoms with Crippen LogP contribution in [0.5, 0.6) is 0 Å². The van der Waals surface area contributed by atoms with Crippen molar-refractivity contribution in [2.75, 3.05) is 0 Å². The SMILES string of the molecule is CCC(C#N)(CCC(=O)O)N=NC(C#N)(CC)CCC(=O)O. The molecule has 0 fully saturated rings. The molecule has 0 aliphatic heterocycles. The van der Waals surface area contributed by atoms with Gasteiger partial charge in [0.2, 0.25) is 0 Å². The monoisotopic (exact) mass is 308 g/mol. The van der Waals surface area contributed by atoms with Gasteiger partial charge in [0.1, 0.15) is 0 Å². The first-order valence-corrected chi connectivity index (χ1v) is 6.99. The van der Waals surface area contributed by atoms with Crippen LogP contribution in [0.25, 0.3) is 0 Å². The van der Waals surface area contributed by atoms with Crippen molar-refractivity contribution in [2.24, 2.45) is 10.2 Å². The maximum absolute atomic E-state index is 10.7. The van der Waals surface area contributed by atoms with Gasteiger partial charge in [0.15, 0.2) is 11.1 Å². The van der Waals surface area contributed by atoms with Crippen LogP contribution in [0, 0.1) is 22.7 Å². The van der Waals surface area contributed by atoms with E-state index in [1.165, 1.54) is 0 Å². The van der Waals surface area contributed by atoms with E-state index >= 15 is 0 Å². The number of carboxylic acids is 2. The van der Waals surface area contributed by atoms with Crippen molar-refractivity contribution >= 4 is 11.9 Å². The summed E-state index contributed by atoms with van der Waals surface area (Å²) in [6, 6.07) is 3.91. The standard InChI is InChI=1S/C14H20N4O4/c1-3-13(9-15,7-5-11(19)20)17-18-14(4-2,10-16)8-6-12(21)22/h3-8H2,1-2H3,(H,19,20)(H,21,22). The minimum atomic E-state index is -1.31. The predicted octanol–water partition coefficient (Wildman–Crippen LogP) is 2.51. The third-order valence-corrected chi connectivity index (χ3v) is 3.52. The summed E-state index contributed by atoms with van der Waals surface area (Å²) >= 11 is 0. The molecule has 22 heavy (non-hydrogen) atoms. The minimum Gasteiger partial charge on any atom is -0.481 e. The molecule has 0 aromatic carbocycles. The number of carboxylic acid groups (broad SMARTS) is 2. The molecule has 0 spiro atoms. The van der Waals surface area contributed by atoms with Crippen molar-refractivity contribution in [1.29, 1.82) is 10.5 Å². The van der Waals surface area contributed by atoms with Crippen molar-refractivity contribution < 1.29 is 19.8 Å². The maximum atomic E-state index is 10.7. The number of rotatable bonds is 10. The molecule has 8 nitrogen and oxygen atoms in total. The summed E-state index contributed by atoms with van der Waals surface area (Å²) < 4.78 is 0. The zero-order valence-corrected chi connectivity index (χ0v) is 12.7. The van der Waals surface area contributed by atoms with E-state index in [1.807, 2.05) is 12.1 Å². The molecular weight excluding hydrogens is 288 g/mol. The third-order valence-electron chi connectivity index (χ3n) is 3.52. The molecule has 120 valence electrons. The number of hydrogen-bond donors (Lipinski definition) is 2. The van der Waals surface area contributed by atoms with E-state index < -0.39 is 23.0 Å². The average Bonchev–Trinajstić information content (AvgIpc) is 2.51. The molecule has 0 saturated carbocycles. The lowest BCUT2D eigenvalue weighted by Gasteiger charge is -2.22. The van der Waals surface area contributed by atoms with Crippen molar-refractivity contribution in [2.45, 2.75) is 63.5 Å². The molecule has 0 aromatic rings. The van der Waals surface area contributed by atoms with Gasteiger partial charge in [-0.2, -0.15) is 20.8 Å². The van der Waals surface area contributed by atoms with E-state index in [0.717, 1.165) is 0 Å². The van der Waals surface area contributed by atoms with Crippen molar-refractivity contribution in [3.8, 4) is 12.1 Å². The number of aliphatic carboxylic acids is 2. The molecule has 0 aliphatic rings. The highest BCUT2D eigenvalue weighted by Crippen LogP contribution is 2.28. The Morgan fingerprint density at radius 1 is 0.909 bits per heavy atom. The van der Waals surface area contributed by atoms with Gasteiger partial charge >= 0.3 is 11.9 Å². The molecule has 2 atom stereocenters. The Morgan fingerprint density at radius 2 is 1.23 bits per heavy atom. The van der Waals surface area contributed by atoms with E-state index in [1.54, 1.807) is 13.8 Å². The van der Waals surface area contributed by atoms with Gasteiger partial charge in [-0.1, -0.05) is 13.8 Å². The summed E-state index contributed by atoms with van der Waals surface area (Å²) in [5.74, 6) is -2.09. The molecule has 2 unspecified atom stereocenters. The van der Waals surface area contributed by atoms with Crippen LogP contribution in [0.2, 0.25) is 0 Å². The average molecular weight is 308 g/mol. The summed E-state index contributed by atoms with van der Waals surface area (Å²) in [6.07, 6.45) is 0.0172. The fourth-order valence-corrected chi connectivity index (χ4v) is 1.73. The molecular formula is C14H20N4O4. The quantitative estimate of drug-likeness (QED) is 0.592. The molecule has 0 radical (unpaired) electrons. The Hall–Kier alpha value is -2.48. The molecule has 0 aliphatic carbocycles. The molecule has 0 rings (SSSR count). The highest BCUT2D eigenvalue weighted by atomic mass is 16.4. The van der Waals surface area contributed by atoms with Crippen LogP contribution < -0.4 is 0 Å². The van der Waals surface area contributed by atoms with Crippen LogP contribution in [0.1, 0.15) is 52.4 Å². The highest BCUT2D eigenvalue weighted by molar-refractivity contribution is 5.67. The normalized spacial score (nSPS) is 16.2. The number of nitriles is 2. The Labute approximate surface area is 129 Å². The number of nitrogens with zero attached hydrogens (tertiary/aromatic N) is 4. The second-order valence-electron chi connectivity index (χ2n) is 4.98. The topological polar surface area (TPSA) is 147 Å². The minimum absolute atomic E-state index is 0.0109. The molecule has 2 N–H and O–H groups in total. The summed E-state index contributed by atoms with van der Waals surface area (Å²) in [6.45, 7) is 3.36. The predicted molar refractivity (Wildman–Crippen MR) is 75.9 cm³/mol. The molecule has 8 heteroatoms. The summed E-state index contributed by atoms with van der Waals surface area (Å²) in [5, 5.41) is 43.9. The fourth-order valence-electron chi connectivity index (χ4n) is 1.73. The fraction of sp³-hybridized carbons (Fsp3) is 0.714. The molecule has 0 amide bonds. The van der Waals surface area contributed by atoms with Crippen LogP contribution in [0.3, 0.4) is 0 Å². The Bertz CT molecular complexity index is 474. The number of carbonyl (C=O) groups is 2. The summed E-state index contributed by atoms with van der Waals surface area (Å²) in [4.78, 5) is 21.3. The van der Waals surface area contributed by atoms with Crippen LogP contribution >= 0.6 is 0 Å². The maximum Gasteiger partial charge on any atom is 0.303 e. The lowest BCUT2D eigenvalue weighted by Crippen LogP contribution is -2.28. The van der Waals surface area contributed by atoms with Gasteiger partial charge in [0.05, 0.1) is 12.1 Å². The van der Waals surface area contributed by atoms with Crippen molar-refractivity contribution in [3.05, 3.63) is 0 Å². The third kappa shape index (κ3) is 5.88. The zero-order valence-electron chi connectivity index (χ0n) is 12.7. The summed E-state index contributed by atoms with van der Waals surface area (Å²) in [7, 11) is 0. The molecule has 0 saturated heterocycles. The van der Waals surface area contributed by atoms with Crippen LogP contribution in [0.15, 0.2) is 10.2 Å². The first kappa shape index (κ1) is 19.5. The van der Waals surface area contributed by atoms with Crippen LogP contribution in [0.4, 0.5) is 0 Å². The largest absolute Gasteiger partial charge is 0.481 e. The van der Waals surface area contributed by atoms with Gasteiger partial charge in [-0.25, -0.2) is 0 Å². The van der Waals surface area contributed by atoms with Gasteiger partial charge in [0, 0.05) is 12.8 Å². The lowest BCUT2D eigenvalue weighted by molar-refractivity contribution is -0.138. The van der Waals surface area contributed by atoms with Gasteiger partial charge < -0.3 is 10.2 Å². The van der Waals surface area contributed by atoms with Gasteiger partial charge in [0.25, 0.3) is 0 Å². The van der Waals surface area contributed by atoms with E-state index in [2.05, 4.69) is 10.2 Å². The number of hydrogen-bond acceptors (Lipinski definition) is 6. The van der Waals surface area contributed by atoms with E-state index in [-0.39, 0.29) is 38.5 Å². The Kier molecular flexibility index (Phi) is 7.74. The van der Waals surface area contributed by atoms with Crippen molar-refractivity contribution in [1.82, 2.24) is 0 Å². The molecule has 0 heterocycles. The lowest BCUT2D eigenvalue weighted by atomic mass is 9.92. The first-order chi connectivity index (χ1) is 10.3. The second-order valence-corrected chi connectivity index (χ2v) is 4.98. The van der Waals surface area contributed by atoms with E-state index in [4.69, 9.17) is 10.2 Å². The van der Waals surface area contributed by atoms with Crippen molar-refractivity contribution in [3.63, 3.8) is 0 Å². The smallest absolute Gasteiger partial charge is 0.303 e. The van der Waals surface area contributed by atoms with Crippen LogP contribution in [-0.2, 0) is 9.59 Å². The van der Waals surface area contributed by atoms with E-state index in [0.29, 0.717) is 0 Å². The van der Waals surface area contributed by atoms with Crippen LogP contribution in [-0.4, -0.2) is 33.2 Å².